The van der Waals surface area contributed by atoms with Crippen LogP contribution in [0.4, 0.5) is 0 Å². The zero-order valence-electron chi connectivity index (χ0n) is 13.6. The first-order chi connectivity index (χ1) is 11.6. The molecule has 0 spiro atoms. The van der Waals surface area contributed by atoms with Gasteiger partial charge in [-0.2, -0.15) is 0 Å². The van der Waals surface area contributed by atoms with Gasteiger partial charge in [0.05, 0.1) is 26.2 Å². The largest absolute Gasteiger partial charge is 0.480 e. The average molecular weight is 361 g/mol. The maximum absolute atomic E-state index is 11.1. The van der Waals surface area contributed by atoms with Crippen LogP contribution in [0.25, 0.3) is 0 Å². The van der Waals surface area contributed by atoms with Gasteiger partial charge in [0.15, 0.2) is 0 Å². The molecule has 25 heavy (non-hydrogen) atoms. The molecule has 0 aromatic carbocycles. The molecule has 142 valence electrons. The summed E-state index contributed by atoms with van der Waals surface area (Å²) in [5.41, 5.74) is 5.92. The van der Waals surface area contributed by atoms with Gasteiger partial charge in [-0.3, -0.25) is 29.0 Å². The van der Waals surface area contributed by atoms with Gasteiger partial charge in [0.1, 0.15) is 0 Å². The summed E-state index contributed by atoms with van der Waals surface area (Å²) >= 11 is 0. The molecule has 0 saturated heterocycles. The van der Waals surface area contributed by atoms with E-state index in [0.29, 0.717) is 12.8 Å². The minimum atomic E-state index is -1.23. The van der Waals surface area contributed by atoms with E-state index in [-0.39, 0.29) is 12.5 Å². The Bertz CT molecular complexity index is 494. The topological polar surface area (TPSA) is 182 Å². The fourth-order valence-electron chi connectivity index (χ4n) is 3.26. The van der Waals surface area contributed by atoms with E-state index < -0.39 is 62.1 Å². The Kier molecular flexibility index (Phi) is 7.74. The van der Waals surface area contributed by atoms with Gasteiger partial charge >= 0.3 is 23.9 Å². The number of rotatable bonds is 10. The summed E-state index contributed by atoms with van der Waals surface area (Å²) in [6.45, 7) is -2.21. The van der Waals surface area contributed by atoms with Crippen molar-refractivity contribution in [3.8, 4) is 0 Å². The van der Waals surface area contributed by atoms with Gasteiger partial charge in [-0.15, -0.1) is 0 Å². The summed E-state index contributed by atoms with van der Waals surface area (Å²) in [5.74, 6) is -4.92. The molecular weight excluding hydrogens is 338 g/mol. The summed E-state index contributed by atoms with van der Waals surface area (Å²) in [6, 6.07) is -1.59. The summed E-state index contributed by atoms with van der Waals surface area (Å²) in [6.07, 6.45) is 1.11. The fraction of sp³-hybridized carbons (Fsp3) is 0.714. The highest BCUT2D eigenvalue weighted by Crippen LogP contribution is 2.27. The summed E-state index contributed by atoms with van der Waals surface area (Å²) in [5, 5.41) is 36.2. The molecule has 11 nitrogen and oxygen atoms in total. The van der Waals surface area contributed by atoms with E-state index in [1.54, 1.807) is 0 Å². The van der Waals surface area contributed by atoms with Crippen LogP contribution in [-0.4, -0.2) is 98.4 Å². The van der Waals surface area contributed by atoms with E-state index in [2.05, 4.69) is 0 Å². The van der Waals surface area contributed by atoms with Gasteiger partial charge in [0.25, 0.3) is 0 Å². The van der Waals surface area contributed by atoms with Crippen molar-refractivity contribution in [1.82, 2.24) is 9.80 Å². The number of carboxylic acid groups (broad SMARTS) is 4. The predicted octanol–water partition coefficient (Wildman–Crippen LogP) is -1.82. The Labute approximate surface area is 143 Å². The predicted molar refractivity (Wildman–Crippen MR) is 83.1 cm³/mol. The molecule has 0 heterocycles. The molecule has 0 aromatic heterocycles. The first kappa shape index (κ1) is 20.8. The molecule has 3 atom stereocenters. The SMILES string of the molecule is N[C@@H]1CC[C@H](N(CC(=O)O)CC(=O)O)[C@@H](N(CC(=O)O)CC(=O)O)C1. The van der Waals surface area contributed by atoms with Crippen LogP contribution in [0.15, 0.2) is 0 Å². The standard InChI is InChI=1S/C14H23N3O8/c15-8-1-2-9(16(4-11(18)19)5-12(20)21)10(3-8)17(6-13(22)23)7-14(24)25/h8-10H,1-7,15H2,(H,18,19)(H,20,21)(H,22,23)(H,24,25)/t8-,9+,10+/m1/s1. The Hall–Kier alpha value is -2.24. The Balaban J connectivity index is 3.11. The number of carbonyl (C=O) groups is 4. The molecule has 0 aliphatic heterocycles. The van der Waals surface area contributed by atoms with E-state index in [1.807, 2.05) is 0 Å². The number of aliphatic carboxylic acids is 4. The fourth-order valence-corrected chi connectivity index (χ4v) is 3.26. The smallest absolute Gasteiger partial charge is 0.317 e. The minimum Gasteiger partial charge on any atom is -0.480 e. The molecule has 11 heteroatoms. The highest BCUT2D eigenvalue weighted by molar-refractivity contribution is 5.73. The summed E-state index contributed by atoms with van der Waals surface area (Å²) in [4.78, 5) is 46.7. The quantitative estimate of drug-likeness (QED) is 0.295. The summed E-state index contributed by atoms with van der Waals surface area (Å²) in [7, 11) is 0. The third-order valence-electron chi connectivity index (χ3n) is 4.11. The Morgan fingerprint density at radius 3 is 1.44 bits per heavy atom. The van der Waals surface area contributed by atoms with Crippen molar-refractivity contribution in [3.63, 3.8) is 0 Å². The zero-order chi connectivity index (χ0) is 19.1. The highest BCUT2D eigenvalue weighted by atomic mass is 16.4. The number of hydrogen-bond donors (Lipinski definition) is 5. The van der Waals surface area contributed by atoms with E-state index in [9.17, 15) is 19.2 Å². The minimum absolute atomic E-state index is 0.251. The Morgan fingerprint density at radius 2 is 1.08 bits per heavy atom. The van der Waals surface area contributed by atoms with E-state index >= 15 is 0 Å². The monoisotopic (exact) mass is 361 g/mol. The van der Waals surface area contributed by atoms with Crippen LogP contribution in [-0.2, 0) is 19.2 Å². The van der Waals surface area contributed by atoms with Crippen molar-refractivity contribution >= 4 is 23.9 Å². The van der Waals surface area contributed by atoms with Crippen molar-refractivity contribution in [2.45, 2.75) is 37.4 Å². The maximum atomic E-state index is 11.1. The van der Waals surface area contributed by atoms with Gasteiger partial charge < -0.3 is 26.2 Å². The summed E-state index contributed by atoms with van der Waals surface area (Å²) < 4.78 is 0. The van der Waals surface area contributed by atoms with Gasteiger partial charge in [-0.1, -0.05) is 0 Å². The van der Waals surface area contributed by atoms with Crippen LogP contribution in [0.2, 0.25) is 0 Å². The van der Waals surface area contributed by atoms with Crippen molar-refractivity contribution in [2.24, 2.45) is 5.73 Å². The first-order valence-corrected chi connectivity index (χ1v) is 7.71. The normalized spacial score (nSPS) is 23.6. The molecular formula is C14H23N3O8. The molecule has 1 rings (SSSR count). The molecule has 0 aromatic rings. The second kappa shape index (κ2) is 9.30. The second-order valence-electron chi connectivity index (χ2n) is 6.09. The lowest BCUT2D eigenvalue weighted by molar-refractivity contribution is -0.149. The van der Waals surface area contributed by atoms with Crippen LogP contribution in [0.3, 0.4) is 0 Å². The van der Waals surface area contributed by atoms with Gasteiger partial charge in [-0.05, 0) is 19.3 Å². The third kappa shape index (κ3) is 7.03. The molecule has 1 saturated carbocycles. The molecule has 0 amide bonds. The van der Waals surface area contributed by atoms with Crippen molar-refractivity contribution in [2.75, 3.05) is 26.2 Å². The van der Waals surface area contributed by atoms with Crippen LogP contribution in [0, 0.1) is 0 Å². The Morgan fingerprint density at radius 1 is 0.720 bits per heavy atom. The molecule has 0 bridgehead atoms. The first-order valence-electron chi connectivity index (χ1n) is 7.71. The van der Waals surface area contributed by atoms with Gasteiger partial charge in [0, 0.05) is 18.1 Å². The van der Waals surface area contributed by atoms with Crippen LogP contribution in [0.1, 0.15) is 19.3 Å². The van der Waals surface area contributed by atoms with E-state index in [4.69, 9.17) is 26.2 Å². The number of nitrogens with two attached hydrogens (primary N) is 1. The lowest BCUT2D eigenvalue weighted by Gasteiger charge is -2.45. The molecule has 0 radical (unpaired) electrons. The van der Waals surface area contributed by atoms with Crippen LogP contribution in [0.5, 0.6) is 0 Å². The molecule has 1 aliphatic carbocycles. The molecule has 6 N–H and O–H groups in total. The molecule has 0 unspecified atom stereocenters. The van der Waals surface area contributed by atoms with E-state index in [1.165, 1.54) is 9.80 Å². The molecule has 1 aliphatic rings. The zero-order valence-corrected chi connectivity index (χ0v) is 13.6. The van der Waals surface area contributed by atoms with Gasteiger partial charge in [-0.25, -0.2) is 0 Å². The maximum Gasteiger partial charge on any atom is 0.317 e. The third-order valence-corrected chi connectivity index (χ3v) is 4.11. The highest BCUT2D eigenvalue weighted by Gasteiger charge is 2.39. The number of nitrogens with zero attached hydrogens (tertiary/aromatic N) is 2. The van der Waals surface area contributed by atoms with Crippen molar-refractivity contribution < 1.29 is 39.6 Å². The lowest BCUT2D eigenvalue weighted by Crippen LogP contribution is -2.59. The second-order valence-corrected chi connectivity index (χ2v) is 6.09. The van der Waals surface area contributed by atoms with Gasteiger partial charge in [0.2, 0.25) is 0 Å². The van der Waals surface area contributed by atoms with Crippen LogP contribution >= 0.6 is 0 Å². The number of hydrogen-bond acceptors (Lipinski definition) is 7. The van der Waals surface area contributed by atoms with Crippen LogP contribution < -0.4 is 5.73 Å². The van der Waals surface area contributed by atoms with Crippen molar-refractivity contribution in [3.05, 3.63) is 0 Å². The number of carboxylic acids is 4. The average Bonchev–Trinajstić information content (AvgIpc) is 2.43. The molecule has 1 fully saturated rings. The van der Waals surface area contributed by atoms with Crippen molar-refractivity contribution in [1.29, 1.82) is 0 Å². The lowest BCUT2D eigenvalue weighted by atomic mass is 9.84. The van der Waals surface area contributed by atoms with E-state index in [0.717, 1.165) is 0 Å².